The van der Waals surface area contributed by atoms with E-state index in [0.29, 0.717) is 5.41 Å². The lowest BCUT2D eigenvalue weighted by molar-refractivity contribution is -0.0175. The van der Waals surface area contributed by atoms with Gasteiger partial charge >= 0.3 is 0 Å². The molecule has 0 spiro atoms. The Hall–Kier alpha value is -0.860. The minimum atomic E-state index is -0.579. The number of rotatable bonds is 1. The Morgan fingerprint density at radius 3 is 2.75 bits per heavy atom. The molecule has 0 radical (unpaired) electrons. The molecule has 0 bridgehead atoms. The van der Waals surface area contributed by atoms with E-state index < -0.39 is 5.60 Å². The van der Waals surface area contributed by atoms with E-state index >= 15 is 0 Å². The van der Waals surface area contributed by atoms with Crippen molar-refractivity contribution in [2.24, 2.45) is 5.41 Å². The van der Waals surface area contributed by atoms with Crippen LogP contribution in [0.1, 0.15) is 63.1 Å². The van der Waals surface area contributed by atoms with Crippen LogP contribution in [0.4, 0.5) is 0 Å². The molecule has 1 aromatic rings. The third-order valence-electron chi connectivity index (χ3n) is 5.34. The van der Waals surface area contributed by atoms with Crippen molar-refractivity contribution in [3.8, 4) is 0 Å². The van der Waals surface area contributed by atoms with Crippen LogP contribution in [0, 0.1) is 5.41 Å². The molecule has 1 fully saturated rings. The molecule has 20 heavy (non-hydrogen) atoms. The van der Waals surface area contributed by atoms with Crippen molar-refractivity contribution in [3.63, 3.8) is 0 Å². The molecule has 1 saturated carbocycles. The SMILES string of the molecule is CC1(C)CCCC(O)(C2NCCc3ccccc32)CC1. The summed E-state index contributed by atoms with van der Waals surface area (Å²) in [6.07, 6.45) is 6.38. The first-order valence-electron chi connectivity index (χ1n) is 8.04. The zero-order valence-corrected chi connectivity index (χ0v) is 12.8. The molecule has 1 heterocycles. The van der Waals surface area contributed by atoms with Crippen molar-refractivity contribution in [1.29, 1.82) is 0 Å². The molecule has 2 nitrogen and oxygen atoms in total. The molecule has 0 saturated heterocycles. The van der Waals surface area contributed by atoms with E-state index in [-0.39, 0.29) is 6.04 Å². The Morgan fingerprint density at radius 1 is 1.10 bits per heavy atom. The summed E-state index contributed by atoms with van der Waals surface area (Å²) in [7, 11) is 0. The van der Waals surface area contributed by atoms with Gasteiger partial charge in [0.05, 0.1) is 11.6 Å². The maximum atomic E-state index is 11.3. The van der Waals surface area contributed by atoms with Gasteiger partial charge in [0.2, 0.25) is 0 Å². The van der Waals surface area contributed by atoms with E-state index in [9.17, 15) is 5.11 Å². The standard InChI is InChI=1S/C18H27NO/c1-17(2)9-5-10-18(20,12-11-17)16-15-7-4-3-6-14(15)8-13-19-16/h3-4,6-7,16,19-20H,5,8-13H2,1-2H3. The van der Waals surface area contributed by atoms with Crippen LogP contribution in [0.25, 0.3) is 0 Å². The van der Waals surface area contributed by atoms with E-state index in [0.717, 1.165) is 38.6 Å². The van der Waals surface area contributed by atoms with E-state index in [1.807, 2.05) is 0 Å². The second kappa shape index (κ2) is 5.16. The lowest BCUT2D eigenvalue weighted by Crippen LogP contribution is -2.47. The monoisotopic (exact) mass is 273 g/mol. The summed E-state index contributed by atoms with van der Waals surface area (Å²) in [5, 5.41) is 14.9. The van der Waals surface area contributed by atoms with E-state index in [2.05, 4.69) is 43.4 Å². The Morgan fingerprint density at radius 2 is 1.90 bits per heavy atom. The first-order valence-corrected chi connectivity index (χ1v) is 8.04. The highest BCUT2D eigenvalue weighted by Gasteiger charge is 2.42. The van der Waals surface area contributed by atoms with Crippen LogP contribution < -0.4 is 5.32 Å². The lowest BCUT2D eigenvalue weighted by Gasteiger charge is -2.40. The summed E-state index contributed by atoms with van der Waals surface area (Å²) in [6.45, 7) is 5.65. The van der Waals surface area contributed by atoms with Gasteiger partial charge in [0.1, 0.15) is 0 Å². The highest BCUT2D eigenvalue weighted by Crippen LogP contribution is 2.44. The zero-order valence-electron chi connectivity index (χ0n) is 12.8. The predicted octanol–water partition coefficient (Wildman–Crippen LogP) is 3.59. The molecule has 0 aromatic heterocycles. The second-order valence-electron chi connectivity index (χ2n) is 7.46. The second-order valence-corrected chi connectivity index (χ2v) is 7.46. The molecule has 1 aromatic carbocycles. The van der Waals surface area contributed by atoms with Crippen molar-refractivity contribution in [1.82, 2.24) is 5.32 Å². The van der Waals surface area contributed by atoms with Crippen molar-refractivity contribution >= 4 is 0 Å². The van der Waals surface area contributed by atoms with Crippen LogP contribution in [0.3, 0.4) is 0 Å². The fraction of sp³-hybridized carbons (Fsp3) is 0.667. The number of fused-ring (bicyclic) bond motifs is 1. The number of hydrogen-bond acceptors (Lipinski definition) is 2. The van der Waals surface area contributed by atoms with Crippen molar-refractivity contribution < 1.29 is 5.11 Å². The number of aliphatic hydroxyl groups is 1. The third-order valence-corrected chi connectivity index (χ3v) is 5.34. The van der Waals surface area contributed by atoms with Crippen molar-refractivity contribution in [3.05, 3.63) is 35.4 Å². The molecule has 110 valence electrons. The Kier molecular flexibility index (Phi) is 3.64. The van der Waals surface area contributed by atoms with E-state index in [1.165, 1.54) is 17.5 Å². The van der Waals surface area contributed by atoms with Crippen LogP contribution in [-0.4, -0.2) is 17.3 Å². The Balaban J connectivity index is 1.89. The summed E-state index contributed by atoms with van der Waals surface area (Å²) < 4.78 is 0. The maximum Gasteiger partial charge on any atom is 0.0841 e. The molecular formula is C18H27NO. The largest absolute Gasteiger partial charge is 0.388 e. The number of nitrogens with one attached hydrogen (secondary N) is 1. The number of benzene rings is 1. The zero-order chi connectivity index (χ0) is 14.2. The van der Waals surface area contributed by atoms with Gasteiger partial charge in [0.15, 0.2) is 0 Å². The molecule has 0 amide bonds. The van der Waals surface area contributed by atoms with Crippen LogP contribution >= 0.6 is 0 Å². The first-order chi connectivity index (χ1) is 9.50. The highest BCUT2D eigenvalue weighted by molar-refractivity contribution is 5.34. The summed E-state index contributed by atoms with van der Waals surface area (Å²) in [5.41, 5.74) is 2.53. The molecule has 2 aliphatic rings. The van der Waals surface area contributed by atoms with Gasteiger partial charge in [0.25, 0.3) is 0 Å². The van der Waals surface area contributed by atoms with Gasteiger partial charge in [-0.25, -0.2) is 0 Å². The molecule has 2 atom stereocenters. The fourth-order valence-corrected chi connectivity index (χ4v) is 3.95. The summed E-state index contributed by atoms with van der Waals surface area (Å²) >= 11 is 0. The van der Waals surface area contributed by atoms with Gasteiger partial charge in [-0.1, -0.05) is 38.1 Å². The van der Waals surface area contributed by atoms with Gasteiger partial charge in [-0.2, -0.15) is 0 Å². The van der Waals surface area contributed by atoms with Crippen LogP contribution in [0.5, 0.6) is 0 Å². The fourth-order valence-electron chi connectivity index (χ4n) is 3.95. The van der Waals surface area contributed by atoms with Gasteiger partial charge in [0, 0.05) is 0 Å². The molecule has 1 aliphatic heterocycles. The third kappa shape index (κ3) is 2.64. The summed E-state index contributed by atoms with van der Waals surface area (Å²) in [5.74, 6) is 0. The highest BCUT2D eigenvalue weighted by atomic mass is 16.3. The Labute approximate surface area is 122 Å². The quantitative estimate of drug-likeness (QED) is 0.766. The molecule has 2 heteroatoms. The Bertz CT molecular complexity index is 482. The lowest BCUT2D eigenvalue weighted by atomic mass is 9.78. The van der Waals surface area contributed by atoms with Gasteiger partial charge in [-0.15, -0.1) is 0 Å². The molecule has 2 unspecified atom stereocenters. The predicted molar refractivity (Wildman–Crippen MR) is 82.7 cm³/mol. The van der Waals surface area contributed by atoms with Gasteiger partial charge in [-0.05, 0) is 61.6 Å². The number of hydrogen-bond donors (Lipinski definition) is 2. The smallest absolute Gasteiger partial charge is 0.0841 e. The van der Waals surface area contributed by atoms with Crippen LogP contribution in [0.15, 0.2) is 24.3 Å². The van der Waals surface area contributed by atoms with Gasteiger partial charge < -0.3 is 10.4 Å². The first kappa shape index (κ1) is 14.1. The van der Waals surface area contributed by atoms with Crippen LogP contribution in [0.2, 0.25) is 0 Å². The maximum absolute atomic E-state index is 11.3. The normalized spacial score (nSPS) is 33.2. The van der Waals surface area contributed by atoms with Crippen molar-refractivity contribution in [2.75, 3.05) is 6.54 Å². The molecule has 3 rings (SSSR count). The van der Waals surface area contributed by atoms with Gasteiger partial charge in [-0.3, -0.25) is 0 Å². The van der Waals surface area contributed by atoms with E-state index in [4.69, 9.17) is 0 Å². The average molecular weight is 273 g/mol. The topological polar surface area (TPSA) is 32.3 Å². The molecule has 2 N–H and O–H groups in total. The minimum absolute atomic E-state index is 0.112. The van der Waals surface area contributed by atoms with Crippen molar-refractivity contribution in [2.45, 2.75) is 64.0 Å². The molecular weight excluding hydrogens is 246 g/mol. The summed E-state index contributed by atoms with van der Waals surface area (Å²) in [6, 6.07) is 8.74. The van der Waals surface area contributed by atoms with Crippen LogP contribution in [-0.2, 0) is 6.42 Å². The summed E-state index contributed by atoms with van der Waals surface area (Å²) in [4.78, 5) is 0. The molecule has 1 aliphatic carbocycles. The minimum Gasteiger partial charge on any atom is -0.388 e. The average Bonchev–Trinajstić information content (AvgIpc) is 2.58. The van der Waals surface area contributed by atoms with E-state index in [1.54, 1.807) is 0 Å².